The molecule has 12 heteroatoms. The molecule has 0 fully saturated rings. The molecule has 46 heavy (non-hydrogen) atoms. The Morgan fingerprint density at radius 2 is 1.59 bits per heavy atom. The number of benzene rings is 4. The molecule has 7 nitrogen and oxygen atoms in total. The lowest BCUT2D eigenvalue weighted by Crippen LogP contribution is -2.33. The summed E-state index contributed by atoms with van der Waals surface area (Å²) in [4.78, 5) is 28.2. The number of hydrazone groups is 1. The highest BCUT2D eigenvalue weighted by Gasteiger charge is 2.40. The van der Waals surface area contributed by atoms with Gasteiger partial charge in [0.15, 0.2) is 17.2 Å². The van der Waals surface area contributed by atoms with E-state index in [0.717, 1.165) is 21.7 Å². The molecule has 2 atom stereocenters. The maximum Gasteiger partial charge on any atom is 0.268 e. The first-order chi connectivity index (χ1) is 21.9. The third-order valence-electron chi connectivity index (χ3n) is 7.12. The van der Waals surface area contributed by atoms with E-state index in [1.165, 1.54) is 23.9 Å². The van der Waals surface area contributed by atoms with Gasteiger partial charge in [-0.05, 0) is 80.8 Å². The molecule has 4 aromatic carbocycles. The third-order valence-corrected chi connectivity index (χ3v) is 9.51. The SMILES string of the molecule is CCC(Oc1ccc(C)cc1C)C(=O)Nc1ccccc1SC1C(=O)N(c2c(Cl)cc(Cl)cc2Cl)N=C1Nc1cc(C)ccc1Cl. The fourth-order valence-electron chi connectivity index (χ4n) is 4.82. The number of aryl methyl sites for hydroxylation is 3. The van der Waals surface area contributed by atoms with Crippen molar-refractivity contribution in [2.45, 2.75) is 50.4 Å². The van der Waals surface area contributed by atoms with E-state index in [1.807, 2.05) is 70.2 Å². The first-order valence-corrected chi connectivity index (χ1v) is 16.7. The molecule has 0 aromatic heterocycles. The summed E-state index contributed by atoms with van der Waals surface area (Å²) in [5.41, 5.74) is 4.30. The van der Waals surface area contributed by atoms with Crippen molar-refractivity contribution in [1.82, 2.24) is 0 Å². The Morgan fingerprint density at radius 3 is 2.28 bits per heavy atom. The number of carbonyl (C=O) groups is 2. The number of para-hydroxylation sites is 1. The summed E-state index contributed by atoms with van der Waals surface area (Å²) in [5, 5.41) is 12.2. The van der Waals surface area contributed by atoms with Gasteiger partial charge in [-0.2, -0.15) is 5.01 Å². The minimum Gasteiger partial charge on any atom is -0.480 e. The number of ether oxygens (including phenoxy) is 1. The molecule has 5 rings (SSSR count). The number of hydrogen-bond acceptors (Lipinski definition) is 6. The third kappa shape index (κ3) is 7.59. The van der Waals surface area contributed by atoms with Crippen molar-refractivity contribution in [3.63, 3.8) is 0 Å². The summed E-state index contributed by atoms with van der Waals surface area (Å²) < 4.78 is 6.12. The minimum atomic E-state index is -0.883. The Hall–Kier alpha value is -3.40. The zero-order chi connectivity index (χ0) is 33.1. The number of halogens is 4. The summed E-state index contributed by atoms with van der Waals surface area (Å²) in [6, 6.07) is 21.5. The van der Waals surface area contributed by atoms with Crippen molar-refractivity contribution in [3.05, 3.63) is 110 Å². The predicted molar refractivity (Wildman–Crippen MR) is 192 cm³/mol. The summed E-state index contributed by atoms with van der Waals surface area (Å²) in [5.74, 6) is 0.227. The normalized spacial score (nSPS) is 15.0. The monoisotopic (exact) mass is 714 g/mol. The van der Waals surface area contributed by atoms with Crippen molar-refractivity contribution in [1.29, 1.82) is 0 Å². The number of thioether (sulfide) groups is 1. The van der Waals surface area contributed by atoms with Crippen LogP contribution in [0.2, 0.25) is 20.1 Å². The number of hydrogen-bond donors (Lipinski definition) is 2. The van der Waals surface area contributed by atoms with Crippen LogP contribution in [0.25, 0.3) is 0 Å². The molecule has 0 spiro atoms. The molecule has 0 bridgehead atoms. The Labute approximate surface area is 292 Å². The topological polar surface area (TPSA) is 83.0 Å². The molecule has 1 aliphatic heterocycles. The second kappa shape index (κ2) is 14.6. The summed E-state index contributed by atoms with van der Waals surface area (Å²) >= 11 is 26.9. The molecular formula is C34H30Cl4N4O3S. The fourth-order valence-corrected chi connectivity index (χ4v) is 7.04. The average molecular weight is 717 g/mol. The molecule has 1 aliphatic rings. The second-order valence-corrected chi connectivity index (χ2v) is 13.5. The van der Waals surface area contributed by atoms with Crippen molar-refractivity contribution < 1.29 is 14.3 Å². The van der Waals surface area contributed by atoms with Crippen molar-refractivity contribution in [3.8, 4) is 5.75 Å². The van der Waals surface area contributed by atoms with Crippen LogP contribution in [0.3, 0.4) is 0 Å². The van der Waals surface area contributed by atoms with Crippen LogP contribution in [-0.4, -0.2) is 29.0 Å². The zero-order valence-electron chi connectivity index (χ0n) is 25.3. The van der Waals surface area contributed by atoms with Gasteiger partial charge in [-0.1, -0.05) is 89.2 Å². The Kier molecular flexibility index (Phi) is 10.8. The molecule has 4 aromatic rings. The number of rotatable bonds is 9. The van der Waals surface area contributed by atoms with Crippen LogP contribution in [0.15, 0.2) is 82.8 Å². The maximum atomic E-state index is 14.1. The average Bonchev–Trinajstić information content (AvgIpc) is 3.28. The number of nitrogens with one attached hydrogen (secondary N) is 2. The van der Waals surface area contributed by atoms with E-state index in [0.29, 0.717) is 44.3 Å². The van der Waals surface area contributed by atoms with Crippen LogP contribution in [0, 0.1) is 20.8 Å². The van der Waals surface area contributed by atoms with E-state index >= 15 is 0 Å². The van der Waals surface area contributed by atoms with E-state index in [9.17, 15) is 9.59 Å². The van der Waals surface area contributed by atoms with Gasteiger partial charge < -0.3 is 15.4 Å². The molecule has 0 saturated carbocycles. The number of carbonyl (C=O) groups excluding carboxylic acids is 2. The van der Waals surface area contributed by atoms with Crippen molar-refractivity contribution in [2.24, 2.45) is 5.10 Å². The fraction of sp³-hybridized carbons (Fsp3) is 0.206. The molecule has 1 heterocycles. The van der Waals surface area contributed by atoms with Gasteiger partial charge in [-0.25, -0.2) is 0 Å². The smallest absolute Gasteiger partial charge is 0.268 e. The molecule has 0 radical (unpaired) electrons. The molecule has 2 N–H and O–H groups in total. The molecule has 0 saturated heterocycles. The highest BCUT2D eigenvalue weighted by molar-refractivity contribution is 8.01. The maximum absolute atomic E-state index is 14.1. The summed E-state index contributed by atoms with van der Waals surface area (Å²) in [6.07, 6.45) is -0.287. The standard InChI is InChI=1S/C34H30Cl4N4O3S/c1-5-27(45-28-13-11-18(2)14-20(28)4)33(43)40-25-8-6-7-9-29(25)46-31-32(39-26-15-19(3)10-12-22(26)36)41-42(34(31)44)30-23(37)16-21(35)17-24(30)38/h6-17,27,31H,5H2,1-4H3,(H,39,41)(H,40,43). The van der Waals surface area contributed by atoms with Crippen molar-refractivity contribution >= 4 is 92.9 Å². The molecule has 0 aliphatic carbocycles. The largest absolute Gasteiger partial charge is 0.480 e. The Morgan fingerprint density at radius 1 is 0.913 bits per heavy atom. The van der Waals surface area contributed by atoms with Crippen LogP contribution in [-0.2, 0) is 9.59 Å². The lowest BCUT2D eigenvalue weighted by Gasteiger charge is -2.21. The van der Waals surface area contributed by atoms with Crippen LogP contribution in [0.4, 0.5) is 17.1 Å². The molecule has 238 valence electrons. The van der Waals surface area contributed by atoms with E-state index in [-0.39, 0.29) is 21.6 Å². The quantitative estimate of drug-likeness (QED) is 0.180. The van der Waals surface area contributed by atoms with E-state index in [4.69, 9.17) is 51.1 Å². The van der Waals surface area contributed by atoms with Gasteiger partial charge in [0, 0.05) is 9.92 Å². The molecule has 2 amide bonds. The van der Waals surface area contributed by atoms with Gasteiger partial charge in [0.1, 0.15) is 11.4 Å². The number of amides is 2. The highest BCUT2D eigenvalue weighted by Crippen LogP contribution is 2.42. The number of nitrogens with zero attached hydrogens (tertiary/aromatic N) is 2. The van der Waals surface area contributed by atoms with Gasteiger partial charge in [0.2, 0.25) is 0 Å². The van der Waals surface area contributed by atoms with Crippen LogP contribution < -0.4 is 20.4 Å². The van der Waals surface area contributed by atoms with Gasteiger partial charge in [0.05, 0.1) is 26.4 Å². The first-order valence-electron chi connectivity index (χ1n) is 14.4. The van der Waals surface area contributed by atoms with E-state index in [1.54, 1.807) is 18.2 Å². The van der Waals surface area contributed by atoms with Crippen LogP contribution in [0.1, 0.15) is 30.0 Å². The molecule has 2 unspecified atom stereocenters. The minimum absolute atomic E-state index is 0.162. The van der Waals surface area contributed by atoms with E-state index < -0.39 is 17.3 Å². The van der Waals surface area contributed by atoms with Crippen LogP contribution in [0.5, 0.6) is 5.75 Å². The predicted octanol–water partition coefficient (Wildman–Crippen LogP) is 9.95. The van der Waals surface area contributed by atoms with Crippen LogP contribution >= 0.6 is 58.2 Å². The lowest BCUT2D eigenvalue weighted by molar-refractivity contribution is -0.122. The summed E-state index contributed by atoms with van der Waals surface area (Å²) in [7, 11) is 0. The van der Waals surface area contributed by atoms with Crippen molar-refractivity contribution in [2.75, 3.05) is 15.6 Å². The Bertz CT molecular complexity index is 1830. The zero-order valence-corrected chi connectivity index (χ0v) is 29.2. The highest BCUT2D eigenvalue weighted by atomic mass is 35.5. The number of amidine groups is 1. The van der Waals surface area contributed by atoms with Gasteiger partial charge in [-0.3, -0.25) is 9.59 Å². The van der Waals surface area contributed by atoms with Gasteiger partial charge >= 0.3 is 0 Å². The molecular weight excluding hydrogens is 686 g/mol. The number of anilines is 3. The first kappa shape index (κ1) is 33.9. The van der Waals surface area contributed by atoms with Gasteiger partial charge in [0.25, 0.3) is 11.8 Å². The lowest BCUT2D eigenvalue weighted by atomic mass is 10.1. The second-order valence-electron chi connectivity index (χ2n) is 10.7. The summed E-state index contributed by atoms with van der Waals surface area (Å²) in [6.45, 7) is 7.77. The van der Waals surface area contributed by atoms with E-state index in [2.05, 4.69) is 15.7 Å². The Balaban J connectivity index is 1.45. The van der Waals surface area contributed by atoms with Gasteiger partial charge in [-0.15, -0.1) is 16.9 Å².